The number of sulfonamides is 1. The number of nitrogens with one attached hydrogen (secondary N) is 1. The van der Waals surface area contributed by atoms with Gasteiger partial charge in [0, 0.05) is 12.6 Å². The second-order valence-corrected chi connectivity index (χ2v) is 11.2. The average molecular weight is 538 g/mol. The fourth-order valence-electron chi connectivity index (χ4n) is 3.99. The van der Waals surface area contributed by atoms with Crippen LogP contribution < -0.4 is 14.4 Å². The summed E-state index contributed by atoms with van der Waals surface area (Å²) in [6.07, 6.45) is 0. The van der Waals surface area contributed by atoms with Crippen molar-refractivity contribution in [3.8, 4) is 5.75 Å². The fraction of sp³-hybridized carbons (Fsp3) is 0.310. The Balaban J connectivity index is 2.02. The van der Waals surface area contributed by atoms with E-state index in [0.717, 1.165) is 9.87 Å². The molecular weight excluding hydrogens is 502 g/mol. The molecule has 0 bridgehead atoms. The molecule has 0 spiro atoms. The van der Waals surface area contributed by atoms with Crippen molar-refractivity contribution in [3.63, 3.8) is 0 Å². The van der Waals surface area contributed by atoms with E-state index < -0.39 is 28.5 Å². The predicted molar refractivity (Wildman–Crippen MR) is 148 cm³/mol. The summed E-state index contributed by atoms with van der Waals surface area (Å²) in [6.45, 7) is 6.75. The third kappa shape index (κ3) is 6.92. The van der Waals surface area contributed by atoms with E-state index in [2.05, 4.69) is 5.32 Å². The van der Waals surface area contributed by atoms with Crippen LogP contribution >= 0.6 is 0 Å². The Bertz CT molecular complexity index is 1340. The van der Waals surface area contributed by atoms with E-state index in [9.17, 15) is 18.0 Å². The van der Waals surface area contributed by atoms with Crippen molar-refractivity contribution >= 4 is 27.5 Å². The first-order chi connectivity index (χ1) is 18.0. The van der Waals surface area contributed by atoms with Gasteiger partial charge in [-0.3, -0.25) is 13.9 Å². The minimum atomic E-state index is -4.08. The van der Waals surface area contributed by atoms with Gasteiger partial charge in [0.2, 0.25) is 11.8 Å². The number of benzene rings is 3. The largest absolute Gasteiger partial charge is 0.497 e. The maximum absolute atomic E-state index is 13.9. The zero-order chi connectivity index (χ0) is 27.9. The predicted octanol–water partition coefficient (Wildman–Crippen LogP) is 4.14. The van der Waals surface area contributed by atoms with Crippen molar-refractivity contribution < 1.29 is 22.7 Å². The number of rotatable bonds is 11. The lowest BCUT2D eigenvalue weighted by atomic mass is 10.1. The monoisotopic (exact) mass is 537 g/mol. The van der Waals surface area contributed by atoms with Crippen molar-refractivity contribution in [3.05, 3.63) is 90.0 Å². The Morgan fingerprint density at radius 3 is 2.08 bits per heavy atom. The maximum atomic E-state index is 13.9. The summed E-state index contributed by atoms with van der Waals surface area (Å²) < 4.78 is 33.9. The highest BCUT2D eigenvalue weighted by Crippen LogP contribution is 2.27. The van der Waals surface area contributed by atoms with Gasteiger partial charge >= 0.3 is 0 Å². The lowest BCUT2D eigenvalue weighted by Crippen LogP contribution is -2.52. The van der Waals surface area contributed by atoms with E-state index in [1.807, 2.05) is 32.0 Å². The molecule has 1 N–H and O–H groups in total. The molecule has 3 rings (SSSR count). The van der Waals surface area contributed by atoms with Crippen molar-refractivity contribution in [2.45, 2.75) is 51.2 Å². The third-order valence-electron chi connectivity index (χ3n) is 6.10. The fourth-order valence-corrected chi connectivity index (χ4v) is 5.49. The highest BCUT2D eigenvalue weighted by molar-refractivity contribution is 7.92. The quantitative estimate of drug-likeness (QED) is 0.397. The normalized spacial score (nSPS) is 12.1. The number of carbonyl (C=O) groups is 2. The Morgan fingerprint density at radius 1 is 0.895 bits per heavy atom. The third-order valence-corrected chi connectivity index (χ3v) is 7.88. The minimum Gasteiger partial charge on any atom is -0.497 e. The summed E-state index contributed by atoms with van der Waals surface area (Å²) in [6, 6.07) is 21.2. The number of nitrogens with zero attached hydrogens (tertiary/aromatic N) is 2. The van der Waals surface area contributed by atoms with Crippen LogP contribution in [0.15, 0.2) is 83.8 Å². The van der Waals surface area contributed by atoms with E-state index >= 15 is 0 Å². The molecule has 0 saturated heterocycles. The van der Waals surface area contributed by atoms with Gasteiger partial charge in [-0.1, -0.05) is 48.5 Å². The molecule has 3 aromatic carbocycles. The Morgan fingerprint density at radius 2 is 1.50 bits per heavy atom. The Hall–Kier alpha value is -3.85. The molecule has 8 nitrogen and oxygen atoms in total. The second-order valence-electron chi connectivity index (χ2n) is 9.32. The summed E-state index contributed by atoms with van der Waals surface area (Å²) in [7, 11) is -2.52. The molecule has 202 valence electrons. The Labute approximate surface area is 225 Å². The van der Waals surface area contributed by atoms with Crippen LogP contribution in [0.4, 0.5) is 5.69 Å². The lowest BCUT2D eigenvalue weighted by molar-refractivity contribution is -0.139. The number of amides is 2. The van der Waals surface area contributed by atoms with Gasteiger partial charge in [-0.15, -0.1) is 0 Å². The summed E-state index contributed by atoms with van der Waals surface area (Å²) in [5.74, 6) is -0.165. The number of ether oxygens (including phenoxy) is 1. The van der Waals surface area contributed by atoms with E-state index in [4.69, 9.17) is 4.74 Å². The molecule has 38 heavy (non-hydrogen) atoms. The van der Waals surface area contributed by atoms with Crippen molar-refractivity contribution in [2.24, 2.45) is 0 Å². The van der Waals surface area contributed by atoms with Crippen molar-refractivity contribution in [1.82, 2.24) is 10.2 Å². The SMILES string of the molecule is COc1ccc(CN(C(=O)CN(c2ccccc2C)S(=O)(=O)c2ccccc2)C(C)C(=O)NC(C)C)cc1. The molecule has 0 aliphatic carbocycles. The van der Waals surface area contributed by atoms with Gasteiger partial charge < -0.3 is 15.0 Å². The van der Waals surface area contributed by atoms with E-state index in [0.29, 0.717) is 17.0 Å². The first-order valence-corrected chi connectivity index (χ1v) is 13.8. The van der Waals surface area contributed by atoms with Crippen molar-refractivity contribution in [1.29, 1.82) is 0 Å². The minimum absolute atomic E-state index is 0.0726. The van der Waals surface area contributed by atoms with Gasteiger partial charge in [-0.25, -0.2) is 8.42 Å². The number of anilines is 1. The zero-order valence-corrected chi connectivity index (χ0v) is 23.2. The molecule has 0 heterocycles. The number of para-hydroxylation sites is 1. The number of aryl methyl sites for hydroxylation is 1. The molecular formula is C29H35N3O5S. The first kappa shape index (κ1) is 28.7. The molecule has 0 aromatic heterocycles. The Kier molecular flexibility index (Phi) is 9.52. The topological polar surface area (TPSA) is 96.0 Å². The van der Waals surface area contributed by atoms with Crippen LogP contribution in [0.3, 0.4) is 0 Å². The van der Waals surface area contributed by atoms with Gasteiger partial charge in [0.15, 0.2) is 0 Å². The molecule has 1 unspecified atom stereocenters. The molecule has 9 heteroatoms. The molecule has 3 aromatic rings. The van der Waals surface area contributed by atoms with Crippen LogP contribution in [0, 0.1) is 6.92 Å². The smallest absolute Gasteiger partial charge is 0.264 e. The number of hydrogen-bond acceptors (Lipinski definition) is 5. The van der Waals surface area contributed by atoms with E-state index in [1.165, 1.54) is 17.0 Å². The lowest BCUT2D eigenvalue weighted by Gasteiger charge is -2.32. The van der Waals surface area contributed by atoms with Crippen LogP contribution in [-0.4, -0.2) is 50.9 Å². The van der Waals surface area contributed by atoms with Gasteiger partial charge in [0.1, 0.15) is 18.3 Å². The maximum Gasteiger partial charge on any atom is 0.264 e. The van der Waals surface area contributed by atoms with Crippen LogP contribution in [0.5, 0.6) is 5.75 Å². The number of hydrogen-bond donors (Lipinski definition) is 1. The van der Waals surface area contributed by atoms with Gasteiger partial charge in [-0.05, 0) is 69.2 Å². The second kappa shape index (κ2) is 12.6. The molecule has 0 aliphatic heterocycles. The summed E-state index contributed by atoms with van der Waals surface area (Å²) in [5.41, 5.74) is 1.87. The molecule has 0 radical (unpaired) electrons. The van der Waals surface area contributed by atoms with Crippen LogP contribution in [0.1, 0.15) is 31.9 Å². The highest BCUT2D eigenvalue weighted by atomic mass is 32.2. The van der Waals surface area contributed by atoms with E-state index in [-0.39, 0.29) is 23.4 Å². The van der Waals surface area contributed by atoms with Crippen LogP contribution in [0.2, 0.25) is 0 Å². The summed E-state index contributed by atoms with van der Waals surface area (Å²) in [4.78, 5) is 28.3. The van der Waals surface area contributed by atoms with Gasteiger partial charge in [0.05, 0.1) is 17.7 Å². The van der Waals surface area contributed by atoms with Gasteiger partial charge in [-0.2, -0.15) is 0 Å². The molecule has 0 saturated carbocycles. The molecule has 2 amide bonds. The van der Waals surface area contributed by atoms with Crippen molar-refractivity contribution in [2.75, 3.05) is 18.0 Å². The van der Waals surface area contributed by atoms with Crippen LogP contribution in [-0.2, 0) is 26.2 Å². The van der Waals surface area contributed by atoms with Gasteiger partial charge in [0.25, 0.3) is 10.0 Å². The number of methoxy groups -OCH3 is 1. The molecule has 1 atom stereocenters. The zero-order valence-electron chi connectivity index (χ0n) is 22.4. The first-order valence-electron chi connectivity index (χ1n) is 12.4. The summed E-state index contributed by atoms with van der Waals surface area (Å²) in [5, 5.41) is 2.85. The standard InChI is InChI=1S/C29H35N3O5S/c1-21(2)30-29(34)23(4)31(19-24-15-17-25(37-5)18-16-24)28(33)20-32(27-14-10-9-11-22(27)3)38(35,36)26-12-7-6-8-13-26/h6-18,21,23H,19-20H2,1-5H3,(H,30,34). The van der Waals surface area contributed by atoms with Crippen LogP contribution in [0.25, 0.3) is 0 Å². The van der Waals surface area contributed by atoms with E-state index in [1.54, 1.807) is 69.5 Å². The molecule has 0 fully saturated rings. The molecule has 0 aliphatic rings. The summed E-state index contributed by atoms with van der Waals surface area (Å²) >= 11 is 0. The number of carbonyl (C=O) groups excluding carboxylic acids is 2. The average Bonchev–Trinajstić information content (AvgIpc) is 2.90. The highest BCUT2D eigenvalue weighted by Gasteiger charge is 2.33.